The first-order valence-electron chi connectivity index (χ1n) is 9.96. The Morgan fingerprint density at radius 3 is 1.94 bits per heavy atom. The molecule has 1 heterocycles. The van der Waals surface area contributed by atoms with Gasteiger partial charge in [-0.15, -0.1) is 0 Å². The van der Waals surface area contributed by atoms with E-state index in [2.05, 4.69) is 0 Å². The number of allylic oxidation sites excluding steroid dienone is 1. The molecule has 1 fully saturated rings. The molecule has 0 bridgehead atoms. The van der Waals surface area contributed by atoms with Crippen molar-refractivity contribution in [2.45, 2.75) is 23.9 Å². The van der Waals surface area contributed by atoms with Crippen LogP contribution in [0.3, 0.4) is 0 Å². The number of hydrogen-bond donors (Lipinski definition) is 0. The molecule has 1 saturated heterocycles. The van der Waals surface area contributed by atoms with Crippen LogP contribution >= 0.6 is 0 Å². The normalized spacial score (nSPS) is 18.8. The molecule has 32 heavy (non-hydrogen) atoms. The van der Waals surface area contributed by atoms with Gasteiger partial charge in [0.2, 0.25) is 20.0 Å². The van der Waals surface area contributed by atoms with E-state index in [-0.39, 0.29) is 31.1 Å². The minimum absolute atomic E-state index is 0.130. The molecule has 2 aliphatic rings. The monoisotopic (exact) mass is 486 g/mol. The minimum atomic E-state index is -4.82. The number of fused-ring (bicyclic) bond motifs is 1. The number of halogens is 3. The Bertz CT molecular complexity index is 1260. The second-order valence-electron chi connectivity index (χ2n) is 7.61. The molecule has 1 aliphatic carbocycles. The molecule has 0 aromatic heterocycles. The van der Waals surface area contributed by atoms with Crippen LogP contribution in [0.4, 0.5) is 13.2 Å². The summed E-state index contributed by atoms with van der Waals surface area (Å²) in [5.41, 5.74) is 0.661. The van der Waals surface area contributed by atoms with Gasteiger partial charge in [-0.25, -0.2) is 16.8 Å². The largest absolute Gasteiger partial charge is 0.417 e. The van der Waals surface area contributed by atoms with Gasteiger partial charge in [0.05, 0.1) is 15.4 Å². The molecule has 11 heteroatoms. The zero-order chi connectivity index (χ0) is 23.1. The summed E-state index contributed by atoms with van der Waals surface area (Å²) < 4.78 is 94.0. The van der Waals surface area contributed by atoms with Gasteiger partial charge in [0.15, 0.2) is 0 Å². The van der Waals surface area contributed by atoms with Crippen LogP contribution in [0.15, 0.2) is 58.3 Å². The van der Waals surface area contributed by atoms with Crippen LogP contribution in [0, 0.1) is 0 Å². The highest BCUT2D eigenvalue weighted by molar-refractivity contribution is 7.93. The van der Waals surface area contributed by atoms with Gasteiger partial charge in [-0.1, -0.05) is 36.4 Å². The summed E-state index contributed by atoms with van der Waals surface area (Å²) >= 11 is 0. The van der Waals surface area contributed by atoms with Crippen molar-refractivity contribution in [1.29, 1.82) is 0 Å². The molecule has 6 nitrogen and oxygen atoms in total. The fourth-order valence-electron chi connectivity index (χ4n) is 3.99. The van der Waals surface area contributed by atoms with Crippen molar-refractivity contribution in [2.75, 3.05) is 26.2 Å². The van der Waals surface area contributed by atoms with Gasteiger partial charge in [0, 0.05) is 26.2 Å². The van der Waals surface area contributed by atoms with E-state index in [0.29, 0.717) is 12.8 Å². The maximum atomic E-state index is 13.3. The van der Waals surface area contributed by atoms with Gasteiger partial charge in [0.1, 0.15) is 0 Å². The summed E-state index contributed by atoms with van der Waals surface area (Å²) in [5, 5.41) is 0. The smallest absolute Gasteiger partial charge is 0.207 e. The summed E-state index contributed by atoms with van der Waals surface area (Å²) in [6.45, 7) is -0.710. The molecule has 0 unspecified atom stereocenters. The predicted octanol–water partition coefficient (Wildman–Crippen LogP) is 3.33. The van der Waals surface area contributed by atoms with Crippen LogP contribution in [0.2, 0.25) is 0 Å². The lowest BCUT2D eigenvalue weighted by Gasteiger charge is -2.34. The second kappa shape index (κ2) is 8.29. The van der Waals surface area contributed by atoms with Crippen LogP contribution in [-0.2, 0) is 32.6 Å². The number of aryl methyl sites for hydroxylation is 1. The zero-order valence-corrected chi connectivity index (χ0v) is 18.5. The molecule has 2 aromatic carbocycles. The average molecular weight is 487 g/mol. The van der Waals surface area contributed by atoms with Gasteiger partial charge in [-0.2, -0.15) is 21.8 Å². The summed E-state index contributed by atoms with van der Waals surface area (Å²) in [5.74, 6) is 0. The third-order valence-electron chi connectivity index (χ3n) is 5.69. The number of hydrogen-bond acceptors (Lipinski definition) is 4. The average Bonchev–Trinajstić information content (AvgIpc) is 2.78. The van der Waals surface area contributed by atoms with Crippen LogP contribution < -0.4 is 0 Å². The Kier molecular flexibility index (Phi) is 5.95. The van der Waals surface area contributed by atoms with E-state index in [1.54, 1.807) is 6.08 Å². The van der Waals surface area contributed by atoms with E-state index in [9.17, 15) is 30.0 Å². The first-order chi connectivity index (χ1) is 15.0. The Morgan fingerprint density at radius 2 is 1.28 bits per heavy atom. The van der Waals surface area contributed by atoms with E-state index in [4.69, 9.17) is 0 Å². The Hall–Kier alpha value is -2.21. The van der Waals surface area contributed by atoms with Crippen molar-refractivity contribution in [3.05, 3.63) is 70.1 Å². The lowest BCUT2D eigenvalue weighted by Crippen LogP contribution is -2.50. The highest BCUT2D eigenvalue weighted by atomic mass is 32.2. The Balaban J connectivity index is 1.53. The fraction of sp³-hybridized carbons (Fsp3) is 0.333. The van der Waals surface area contributed by atoms with Gasteiger partial charge < -0.3 is 0 Å². The maximum Gasteiger partial charge on any atom is 0.417 e. The van der Waals surface area contributed by atoms with Crippen LogP contribution in [0.25, 0.3) is 6.08 Å². The topological polar surface area (TPSA) is 74.8 Å². The highest BCUT2D eigenvalue weighted by Crippen LogP contribution is 2.36. The van der Waals surface area contributed by atoms with Crippen molar-refractivity contribution >= 4 is 26.1 Å². The van der Waals surface area contributed by atoms with E-state index in [1.807, 2.05) is 24.3 Å². The molecule has 172 valence electrons. The summed E-state index contributed by atoms with van der Waals surface area (Å²) in [4.78, 5) is -0.565. The van der Waals surface area contributed by atoms with E-state index < -0.39 is 36.7 Å². The van der Waals surface area contributed by atoms with Gasteiger partial charge in [0.25, 0.3) is 0 Å². The third-order valence-corrected chi connectivity index (χ3v) is 9.68. The first kappa shape index (κ1) is 23.0. The molecule has 2 aromatic rings. The molecule has 0 atom stereocenters. The van der Waals surface area contributed by atoms with E-state index in [0.717, 1.165) is 33.6 Å². The van der Waals surface area contributed by atoms with Crippen LogP contribution in [0.1, 0.15) is 23.1 Å². The number of alkyl halides is 3. The van der Waals surface area contributed by atoms with E-state index in [1.165, 1.54) is 10.4 Å². The van der Waals surface area contributed by atoms with Gasteiger partial charge in [-0.3, -0.25) is 0 Å². The summed E-state index contributed by atoms with van der Waals surface area (Å²) in [6.07, 6.45) is -2.25. The number of rotatable bonds is 4. The molecule has 0 amide bonds. The molecule has 0 saturated carbocycles. The third kappa shape index (κ3) is 4.21. The number of benzene rings is 2. The van der Waals surface area contributed by atoms with Crippen LogP contribution in [-0.4, -0.2) is 51.6 Å². The molecule has 4 rings (SSSR count). The standard InChI is InChI=1S/C21H21F3N2O4S2/c22-21(23,24)19-7-3-4-8-20(19)32(29,30)26-13-11-25(12-14-26)31(27,28)18-10-9-16-5-1-2-6-17(16)15-18/h1-8,15H,9-14H2. The Morgan fingerprint density at radius 1 is 0.719 bits per heavy atom. The first-order valence-corrected chi connectivity index (χ1v) is 12.8. The molecular formula is C21H21F3N2O4S2. The molecule has 1 aliphatic heterocycles. The van der Waals surface area contributed by atoms with Gasteiger partial charge >= 0.3 is 6.18 Å². The van der Waals surface area contributed by atoms with Crippen molar-refractivity contribution in [3.8, 4) is 0 Å². The lowest BCUT2D eigenvalue weighted by atomic mass is 9.98. The van der Waals surface area contributed by atoms with Gasteiger partial charge in [-0.05, 0) is 42.2 Å². The predicted molar refractivity (Wildman–Crippen MR) is 113 cm³/mol. The highest BCUT2D eigenvalue weighted by Gasteiger charge is 2.40. The van der Waals surface area contributed by atoms with Crippen LogP contribution in [0.5, 0.6) is 0 Å². The summed E-state index contributed by atoms with van der Waals surface area (Å²) in [7, 11) is -8.23. The molecule has 0 radical (unpaired) electrons. The second-order valence-corrected chi connectivity index (χ2v) is 11.5. The van der Waals surface area contributed by atoms with Crippen molar-refractivity contribution in [3.63, 3.8) is 0 Å². The lowest BCUT2D eigenvalue weighted by molar-refractivity contribution is -0.139. The number of sulfonamides is 2. The van der Waals surface area contributed by atoms with E-state index >= 15 is 0 Å². The number of nitrogens with zero attached hydrogens (tertiary/aromatic N) is 2. The minimum Gasteiger partial charge on any atom is -0.207 e. The Labute approximate surface area is 185 Å². The quantitative estimate of drug-likeness (QED) is 0.665. The SMILES string of the molecule is O=S(=O)(C1=Cc2ccccc2CC1)N1CCN(S(=O)(=O)c2ccccc2C(F)(F)F)CC1. The van der Waals surface area contributed by atoms with Crippen molar-refractivity contribution < 1.29 is 30.0 Å². The molecular weight excluding hydrogens is 465 g/mol. The zero-order valence-electron chi connectivity index (χ0n) is 16.9. The fourth-order valence-corrected chi connectivity index (χ4v) is 7.24. The number of piperazine rings is 1. The summed E-state index contributed by atoms with van der Waals surface area (Å²) in [6, 6.07) is 11.5. The molecule has 0 N–H and O–H groups in total. The van der Waals surface area contributed by atoms with Crippen molar-refractivity contribution in [1.82, 2.24) is 8.61 Å². The molecule has 0 spiro atoms. The maximum absolute atomic E-state index is 13.3. The van der Waals surface area contributed by atoms with Crippen molar-refractivity contribution in [2.24, 2.45) is 0 Å².